The van der Waals surface area contributed by atoms with E-state index in [2.05, 4.69) is 10.3 Å². The molecule has 1 aliphatic rings. The Hall–Kier alpha value is -3.99. The maximum atomic E-state index is 13.0. The van der Waals surface area contributed by atoms with Crippen LogP contribution in [-0.4, -0.2) is 43.6 Å². The van der Waals surface area contributed by atoms with E-state index in [0.717, 1.165) is 10.1 Å². The lowest BCUT2D eigenvalue weighted by molar-refractivity contribution is -0.113. The van der Waals surface area contributed by atoms with Crippen LogP contribution in [0.5, 0.6) is 11.5 Å². The van der Waals surface area contributed by atoms with E-state index in [0.29, 0.717) is 47.6 Å². The lowest BCUT2D eigenvalue weighted by Crippen LogP contribution is -2.37. The molecule has 0 saturated heterocycles. The smallest absolute Gasteiger partial charge is 0.332 e. The third-order valence-corrected chi connectivity index (χ3v) is 6.63. The van der Waals surface area contributed by atoms with Crippen molar-refractivity contribution in [1.29, 1.82) is 0 Å². The highest BCUT2D eigenvalue weighted by Crippen LogP contribution is 2.32. The van der Waals surface area contributed by atoms with Gasteiger partial charge in [-0.1, -0.05) is 42.1 Å². The van der Waals surface area contributed by atoms with Crippen LogP contribution in [0.3, 0.4) is 0 Å². The van der Waals surface area contributed by atoms with Crippen molar-refractivity contribution in [2.45, 2.75) is 11.7 Å². The van der Waals surface area contributed by atoms with Gasteiger partial charge in [0.05, 0.1) is 12.3 Å². The topological polar surface area (TPSA) is 109 Å². The summed E-state index contributed by atoms with van der Waals surface area (Å²) in [7, 11) is 3.02. The Morgan fingerprint density at radius 3 is 2.54 bits per heavy atom. The molecule has 0 bridgehead atoms. The molecule has 4 aromatic rings. The fourth-order valence-corrected chi connectivity index (χ4v) is 4.69. The molecule has 5 rings (SSSR count). The molecule has 35 heavy (non-hydrogen) atoms. The maximum Gasteiger partial charge on any atom is 0.332 e. The normalized spacial score (nSPS) is 12.6. The van der Waals surface area contributed by atoms with Crippen molar-refractivity contribution in [1.82, 2.24) is 18.7 Å². The summed E-state index contributed by atoms with van der Waals surface area (Å²) in [5, 5.41) is 3.32. The molecule has 1 N–H and O–H groups in total. The predicted octanol–water partition coefficient (Wildman–Crippen LogP) is 1.98. The molecule has 3 heterocycles. The zero-order valence-electron chi connectivity index (χ0n) is 19.2. The van der Waals surface area contributed by atoms with Gasteiger partial charge in [-0.2, -0.15) is 0 Å². The standard InChI is InChI=1S/C24H23N5O5S/c1-27-21-20(22(31)28(2)24(27)32)29(13-15-6-4-3-5-7-15)23(26-21)35-14-19(30)25-16-8-9-17-18(12-16)34-11-10-33-17/h3-9,12H,10-11,13-14H2,1-2H3,(H,25,30). The molecule has 180 valence electrons. The first-order valence-electron chi connectivity index (χ1n) is 10.9. The quantitative estimate of drug-likeness (QED) is 0.409. The number of hydrogen-bond acceptors (Lipinski definition) is 7. The fraction of sp³-hybridized carbons (Fsp3) is 0.250. The van der Waals surface area contributed by atoms with Crippen LogP contribution in [0.25, 0.3) is 11.2 Å². The summed E-state index contributed by atoms with van der Waals surface area (Å²) in [6, 6.07) is 14.9. The molecule has 10 nitrogen and oxygen atoms in total. The number of amides is 1. The van der Waals surface area contributed by atoms with Crippen LogP contribution in [-0.2, 0) is 25.4 Å². The number of aromatic nitrogens is 4. The number of ether oxygens (including phenoxy) is 2. The lowest BCUT2D eigenvalue weighted by atomic mass is 10.2. The number of rotatable bonds is 6. The Morgan fingerprint density at radius 1 is 1.03 bits per heavy atom. The van der Waals surface area contributed by atoms with Crippen LogP contribution >= 0.6 is 11.8 Å². The Balaban J connectivity index is 1.43. The van der Waals surface area contributed by atoms with Crippen molar-refractivity contribution in [2.24, 2.45) is 14.1 Å². The molecule has 2 aromatic heterocycles. The van der Waals surface area contributed by atoms with Crippen molar-refractivity contribution >= 4 is 34.5 Å². The van der Waals surface area contributed by atoms with Gasteiger partial charge < -0.3 is 19.4 Å². The van der Waals surface area contributed by atoms with Crippen LogP contribution in [0.2, 0.25) is 0 Å². The van der Waals surface area contributed by atoms with Crippen LogP contribution < -0.4 is 26.0 Å². The number of nitrogens with zero attached hydrogens (tertiary/aromatic N) is 4. The molecule has 0 aliphatic carbocycles. The molecule has 0 atom stereocenters. The summed E-state index contributed by atoms with van der Waals surface area (Å²) in [6.45, 7) is 1.32. The SMILES string of the molecule is Cn1c(=O)c2c(nc(SCC(=O)Nc3ccc4c(c3)OCCO4)n2Cc2ccccc2)n(C)c1=O. The van der Waals surface area contributed by atoms with Crippen molar-refractivity contribution in [3.05, 3.63) is 74.9 Å². The number of carbonyl (C=O) groups is 1. The van der Waals surface area contributed by atoms with E-state index in [9.17, 15) is 14.4 Å². The van der Waals surface area contributed by atoms with Crippen molar-refractivity contribution in [3.8, 4) is 11.5 Å². The molecule has 0 spiro atoms. The van der Waals surface area contributed by atoms with Gasteiger partial charge in [0.2, 0.25) is 5.91 Å². The average Bonchev–Trinajstić information content (AvgIpc) is 3.23. The third kappa shape index (κ3) is 4.42. The first kappa shape index (κ1) is 22.8. The van der Waals surface area contributed by atoms with Gasteiger partial charge in [0.15, 0.2) is 27.8 Å². The minimum Gasteiger partial charge on any atom is -0.486 e. The highest BCUT2D eigenvalue weighted by Gasteiger charge is 2.21. The number of anilines is 1. The number of benzene rings is 2. The number of carbonyl (C=O) groups excluding carboxylic acids is 1. The molecule has 0 fully saturated rings. The lowest BCUT2D eigenvalue weighted by Gasteiger charge is -2.19. The maximum absolute atomic E-state index is 13.0. The molecular formula is C24H23N5O5S. The van der Waals surface area contributed by atoms with E-state index < -0.39 is 11.2 Å². The van der Waals surface area contributed by atoms with Crippen LogP contribution in [0.15, 0.2) is 63.3 Å². The molecule has 0 radical (unpaired) electrons. The van der Waals surface area contributed by atoms with E-state index in [-0.39, 0.29) is 17.3 Å². The molecular weight excluding hydrogens is 470 g/mol. The Bertz CT molecular complexity index is 1540. The zero-order chi connectivity index (χ0) is 24.5. The largest absolute Gasteiger partial charge is 0.486 e. The first-order chi connectivity index (χ1) is 16.9. The van der Waals surface area contributed by atoms with Gasteiger partial charge in [-0.25, -0.2) is 9.78 Å². The number of nitrogens with one attached hydrogen (secondary N) is 1. The number of fused-ring (bicyclic) bond motifs is 2. The highest BCUT2D eigenvalue weighted by molar-refractivity contribution is 7.99. The van der Waals surface area contributed by atoms with E-state index in [1.807, 2.05) is 30.3 Å². The van der Waals surface area contributed by atoms with Crippen molar-refractivity contribution in [3.63, 3.8) is 0 Å². The summed E-state index contributed by atoms with van der Waals surface area (Å²) in [5.41, 5.74) is 1.26. The molecule has 11 heteroatoms. The number of aryl methyl sites for hydroxylation is 1. The van der Waals surface area contributed by atoms with E-state index in [1.54, 1.807) is 29.8 Å². The van der Waals surface area contributed by atoms with Gasteiger partial charge in [0.1, 0.15) is 13.2 Å². The van der Waals surface area contributed by atoms with E-state index in [4.69, 9.17) is 9.47 Å². The van der Waals surface area contributed by atoms with Gasteiger partial charge in [0, 0.05) is 25.8 Å². The van der Waals surface area contributed by atoms with Gasteiger partial charge in [-0.3, -0.25) is 18.7 Å². The van der Waals surface area contributed by atoms with E-state index >= 15 is 0 Å². The van der Waals surface area contributed by atoms with Crippen LogP contribution in [0.1, 0.15) is 5.56 Å². The molecule has 2 aromatic carbocycles. The predicted molar refractivity (Wildman–Crippen MR) is 133 cm³/mol. The Labute approximate surface area is 204 Å². The second-order valence-corrected chi connectivity index (χ2v) is 8.98. The van der Waals surface area contributed by atoms with Gasteiger partial charge in [0.25, 0.3) is 5.56 Å². The summed E-state index contributed by atoms with van der Waals surface area (Å²) in [4.78, 5) is 42.7. The van der Waals surface area contributed by atoms with Gasteiger partial charge in [-0.15, -0.1) is 0 Å². The minimum atomic E-state index is -0.459. The minimum absolute atomic E-state index is 0.0564. The Kier molecular flexibility index (Phi) is 6.08. The number of imidazole rings is 1. The number of thioether (sulfide) groups is 1. The van der Waals surface area contributed by atoms with Crippen molar-refractivity contribution in [2.75, 3.05) is 24.3 Å². The summed E-state index contributed by atoms with van der Waals surface area (Å²) in [5.74, 6) is 1.04. The van der Waals surface area contributed by atoms with Crippen molar-refractivity contribution < 1.29 is 14.3 Å². The average molecular weight is 494 g/mol. The summed E-state index contributed by atoms with van der Waals surface area (Å²) < 4.78 is 15.2. The number of hydrogen-bond donors (Lipinski definition) is 1. The van der Waals surface area contributed by atoms with E-state index in [1.165, 1.54) is 23.4 Å². The second kappa shape index (κ2) is 9.34. The third-order valence-electron chi connectivity index (χ3n) is 5.65. The first-order valence-corrected chi connectivity index (χ1v) is 11.9. The Morgan fingerprint density at radius 2 is 1.77 bits per heavy atom. The van der Waals surface area contributed by atoms with Crippen LogP contribution in [0, 0.1) is 0 Å². The fourth-order valence-electron chi connectivity index (χ4n) is 3.90. The van der Waals surface area contributed by atoms with Gasteiger partial charge >= 0.3 is 5.69 Å². The van der Waals surface area contributed by atoms with Gasteiger partial charge in [-0.05, 0) is 17.7 Å². The second-order valence-electron chi connectivity index (χ2n) is 8.04. The molecule has 1 amide bonds. The monoisotopic (exact) mass is 493 g/mol. The summed E-state index contributed by atoms with van der Waals surface area (Å²) >= 11 is 1.20. The molecule has 1 aliphatic heterocycles. The zero-order valence-corrected chi connectivity index (χ0v) is 20.0. The summed E-state index contributed by atoms with van der Waals surface area (Å²) in [6.07, 6.45) is 0. The molecule has 0 saturated carbocycles. The molecule has 0 unspecified atom stereocenters. The highest BCUT2D eigenvalue weighted by atomic mass is 32.2. The van der Waals surface area contributed by atoms with Crippen LogP contribution in [0.4, 0.5) is 5.69 Å².